The summed E-state index contributed by atoms with van der Waals surface area (Å²) in [4.78, 5) is 2.89. The van der Waals surface area contributed by atoms with Crippen molar-refractivity contribution in [1.82, 2.24) is 10.2 Å². The maximum absolute atomic E-state index is 3.54. The Morgan fingerprint density at radius 1 is 1.06 bits per heavy atom. The zero-order chi connectivity index (χ0) is 11.0. The minimum absolute atomic E-state index is 0.937. The van der Waals surface area contributed by atoms with Gasteiger partial charge < -0.3 is 5.32 Å². The van der Waals surface area contributed by atoms with Crippen molar-refractivity contribution in [2.24, 2.45) is 11.8 Å². The molecule has 0 radical (unpaired) electrons. The fourth-order valence-electron chi connectivity index (χ4n) is 3.12. The van der Waals surface area contributed by atoms with Gasteiger partial charge in [0.05, 0.1) is 0 Å². The third-order valence-electron chi connectivity index (χ3n) is 4.64. The molecule has 16 heavy (non-hydrogen) atoms. The molecule has 2 unspecified atom stereocenters. The summed E-state index contributed by atoms with van der Waals surface area (Å²) in [6, 6.07) is 1.92. The molecular formula is C14H26N2. The molecule has 0 saturated heterocycles. The monoisotopic (exact) mass is 222 g/mol. The summed E-state index contributed by atoms with van der Waals surface area (Å²) in [7, 11) is 0. The van der Waals surface area contributed by atoms with Gasteiger partial charge in [-0.3, -0.25) is 4.90 Å². The molecule has 0 aromatic heterocycles. The van der Waals surface area contributed by atoms with E-state index in [0.29, 0.717) is 0 Å². The van der Waals surface area contributed by atoms with E-state index in [2.05, 4.69) is 17.1 Å². The molecule has 3 aliphatic rings. The Morgan fingerprint density at radius 2 is 1.88 bits per heavy atom. The van der Waals surface area contributed by atoms with Gasteiger partial charge in [-0.05, 0) is 63.5 Å². The fraction of sp³-hybridized carbons (Fsp3) is 1.00. The molecule has 3 fully saturated rings. The van der Waals surface area contributed by atoms with E-state index < -0.39 is 0 Å². The first-order chi connectivity index (χ1) is 7.88. The largest absolute Gasteiger partial charge is 0.317 e. The Labute approximate surface area is 99.8 Å². The van der Waals surface area contributed by atoms with Crippen LogP contribution in [0, 0.1) is 11.8 Å². The van der Waals surface area contributed by atoms with Gasteiger partial charge in [-0.2, -0.15) is 0 Å². The standard InChI is InChI=1S/C14H26N2/c1-2-15-9-12-5-8-14(12)16(13-6-7-13)10-11-3-4-11/h11-15H,2-10H2,1H3. The smallest absolute Gasteiger partial charge is 0.0139 e. The van der Waals surface area contributed by atoms with E-state index in [1.807, 2.05) is 0 Å². The Kier molecular flexibility index (Phi) is 3.21. The Balaban J connectivity index is 1.51. The molecule has 3 rings (SSSR count). The molecule has 3 aliphatic carbocycles. The van der Waals surface area contributed by atoms with E-state index in [1.54, 1.807) is 0 Å². The van der Waals surface area contributed by atoms with Crippen molar-refractivity contribution in [2.45, 2.75) is 57.5 Å². The highest BCUT2D eigenvalue weighted by molar-refractivity contribution is 4.98. The first-order valence-corrected chi connectivity index (χ1v) is 7.35. The second kappa shape index (κ2) is 4.66. The van der Waals surface area contributed by atoms with E-state index >= 15 is 0 Å². The summed E-state index contributed by atoms with van der Waals surface area (Å²) in [6.07, 6.45) is 8.92. The third-order valence-corrected chi connectivity index (χ3v) is 4.64. The van der Waals surface area contributed by atoms with Crippen molar-refractivity contribution in [2.75, 3.05) is 19.6 Å². The van der Waals surface area contributed by atoms with Gasteiger partial charge in [-0.1, -0.05) is 6.92 Å². The van der Waals surface area contributed by atoms with Crippen molar-refractivity contribution < 1.29 is 0 Å². The highest BCUT2D eigenvalue weighted by Gasteiger charge is 2.43. The topological polar surface area (TPSA) is 15.3 Å². The van der Waals surface area contributed by atoms with Gasteiger partial charge in [0.1, 0.15) is 0 Å². The van der Waals surface area contributed by atoms with Crippen LogP contribution >= 0.6 is 0 Å². The second-order valence-corrected chi connectivity index (χ2v) is 6.08. The highest BCUT2D eigenvalue weighted by atomic mass is 15.2. The first-order valence-electron chi connectivity index (χ1n) is 7.35. The summed E-state index contributed by atoms with van der Waals surface area (Å²) in [5.74, 6) is 2.03. The second-order valence-electron chi connectivity index (χ2n) is 6.08. The summed E-state index contributed by atoms with van der Waals surface area (Å²) in [5, 5.41) is 3.54. The van der Waals surface area contributed by atoms with Crippen molar-refractivity contribution in [3.05, 3.63) is 0 Å². The number of nitrogens with zero attached hydrogens (tertiary/aromatic N) is 1. The van der Waals surface area contributed by atoms with Crippen molar-refractivity contribution in [1.29, 1.82) is 0 Å². The van der Waals surface area contributed by atoms with E-state index in [9.17, 15) is 0 Å². The van der Waals surface area contributed by atoms with E-state index in [4.69, 9.17) is 0 Å². The van der Waals surface area contributed by atoms with Gasteiger partial charge >= 0.3 is 0 Å². The van der Waals surface area contributed by atoms with Gasteiger partial charge in [0.25, 0.3) is 0 Å². The van der Waals surface area contributed by atoms with Crippen LogP contribution in [0.2, 0.25) is 0 Å². The van der Waals surface area contributed by atoms with Gasteiger partial charge in [-0.15, -0.1) is 0 Å². The lowest BCUT2D eigenvalue weighted by Crippen LogP contribution is -2.52. The number of hydrogen-bond acceptors (Lipinski definition) is 2. The number of rotatable bonds is 7. The van der Waals surface area contributed by atoms with Crippen molar-refractivity contribution in [3.8, 4) is 0 Å². The summed E-state index contributed by atoms with van der Waals surface area (Å²) < 4.78 is 0. The van der Waals surface area contributed by atoms with Gasteiger partial charge in [-0.25, -0.2) is 0 Å². The summed E-state index contributed by atoms with van der Waals surface area (Å²) in [5.41, 5.74) is 0. The molecule has 0 bridgehead atoms. The van der Waals surface area contributed by atoms with Crippen LogP contribution in [-0.4, -0.2) is 36.6 Å². The molecular weight excluding hydrogens is 196 g/mol. The van der Waals surface area contributed by atoms with Crippen LogP contribution in [0.1, 0.15) is 45.4 Å². The Hall–Kier alpha value is -0.0800. The molecule has 1 N–H and O–H groups in total. The molecule has 2 nitrogen and oxygen atoms in total. The van der Waals surface area contributed by atoms with E-state index in [0.717, 1.165) is 30.5 Å². The highest BCUT2D eigenvalue weighted by Crippen LogP contribution is 2.42. The van der Waals surface area contributed by atoms with E-state index in [1.165, 1.54) is 51.6 Å². The maximum Gasteiger partial charge on any atom is 0.0139 e. The predicted molar refractivity (Wildman–Crippen MR) is 67.5 cm³/mol. The van der Waals surface area contributed by atoms with Crippen molar-refractivity contribution in [3.63, 3.8) is 0 Å². The Bertz CT molecular complexity index is 233. The summed E-state index contributed by atoms with van der Waals surface area (Å²) >= 11 is 0. The minimum atomic E-state index is 0.937. The molecule has 0 aromatic carbocycles. The SMILES string of the molecule is CCNCC1CCC1N(CC1CC1)C1CC1. The average molecular weight is 222 g/mol. The molecule has 0 aliphatic heterocycles. The maximum atomic E-state index is 3.54. The number of nitrogens with one attached hydrogen (secondary N) is 1. The average Bonchev–Trinajstić information content (AvgIpc) is 3.10. The van der Waals surface area contributed by atoms with Crippen LogP contribution in [0.25, 0.3) is 0 Å². The molecule has 92 valence electrons. The fourth-order valence-corrected chi connectivity index (χ4v) is 3.12. The van der Waals surface area contributed by atoms with Gasteiger partial charge in [0, 0.05) is 18.6 Å². The van der Waals surface area contributed by atoms with Crippen LogP contribution in [-0.2, 0) is 0 Å². The zero-order valence-electron chi connectivity index (χ0n) is 10.6. The third kappa shape index (κ3) is 2.43. The minimum Gasteiger partial charge on any atom is -0.317 e. The van der Waals surface area contributed by atoms with Crippen molar-refractivity contribution >= 4 is 0 Å². The lowest BCUT2D eigenvalue weighted by atomic mass is 9.78. The van der Waals surface area contributed by atoms with Crippen LogP contribution in [0.15, 0.2) is 0 Å². The normalized spacial score (nSPS) is 34.1. The first kappa shape index (κ1) is 11.0. The van der Waals surface area contributed by atoms with Crippen LogP contribution in [0.3, 0.4) is 0 Å². The number of hydrogen-bond donors (Lipinski definition) is 1. The van der Waals surface area contributed by atoms with Crippen LogP contribution in [0.5, 0.6) is 0 Å². The quantitative estimate of drug-likeness (QED) is 0.711. The molecule has 0 amide bonds. The van der Waals surface area contributed by atoms with Gasteiger partial charge in [0.2, 0.25) is 0 Å². The molecule has 3 saturated carbocycles. The Morgan fingerprint density at radius 3 is 2.38 bits per heavy atom. The summed E-state index contributed by atoms with van der Waals surface area (Å²) in [6.45, 7) is 6.04. The molecule has 0 aromatic rings. The molecule has 0 heterocycles. The van der Waals surface area contributed by atoms with Gasteiger partial charge in [0.15, 0.2) is 0 Å². The lowest BCUT2D eigenvalue weighted by Gasteiger charge is -2.45. The van der Waals surface area contributed by atoms with E-state index in [-0.39, 0.29) is 0 Å². The lowest BCUT2D eigenvalue weighted by molar-refractivity contribution is 0.0513. The molecule has 2 heteroatoms. The molecule has 2 atom stereocenters. The van der Waals surface area contributed by atoms with Crippen LogP contribution in [0.4, 0.5) is 0 Å². The predicted octanol–water partition coefficient (Wildman–Crippen LogP) is 2.25. The molecule has 0 spiro atoms. The van der Waals surface area contributed by atoms with Crippen LogP contribution < -0.4 is 5.32 Å². The zero-order valence-corrected chi connectivity index (χ0v) is 10.6.